The number of benzene rings is 2. The predicted molar refractivity (Wildman–Crippen MR) is 138 cm³/mol. The maximum absolute atomic E-state index is 13.5. The first-order valence-electron chi connectivity index (χ1n) is 13.0. The Hall–Kier alpha value is -3.56. The summed E-state index contributed by atoms with van der Waals surface area (Å²) in [6.07, 6.45) is 1.95. The van der Waals surface area contributed by atoms with Gasteiger partial charge in [-0.05, 0) is 62.1 Å². The number of nitrogens with zero attached hydrogens (tertiary/aromatic N) is 3. The van der Waals surface area contributed by atoms with Crippen LogP contribution in [0.2, 0.25) is 0 Å². The number of ether oxygens (including phenoxy) is 1. The van der Waals surface area contributed by atoms with Gasteiger partial charge in [0.1, 0.15) is 17.1 Å². The van der Waals surface area contributed by atoms with Crippen LogP contribution in [0.3, 0.4) is 0 Å². The molecule has 7 nitrogen and oxygen atoms in total. The van der Waals surface area contributed by atoms with Crippen molar-refractivity contribution in [2.45, 2.75) is 62.7 Å². The van der Waals surface area contributed by atoms with E-state index in [4.69, 9.17) is 9.73 Å². The summed E-state index contributed by atoms with van der Waals surface area (Å²) < 4.78 is 44.5. The monoisotopic (exact) mass is 528 g/mol. The third-order valence-corrected chi connectivity index (χ3v) is 7.71. The Labute approximate surface area is 219 Å². The summed E-state index contributed by atoms with van der Waals surface area (Å²) in [5.74, 6) is 0.776. The summed E-state index contributed by atoms with van der Waals surface area (Å²) in [5, 5.41) is 3.00. The second-order valence-electron chi connectivity index (χ2n) is 10.2. The number of hydrogen-bond donors (Lipinski definition) is 1. The number of hydrogen-bond acceptors (Lipinski definition) is 4. The normalized spacial score (nSPS) is 23.7. The topological polar surface area (TPSA) is 74.2 Å². The molecule has 2 aromatic rings. The summed E-state index contributed by atoms with van der Waals surface area (Å²) >= 11 is 0. The van der Waals surface area contributed by atoms with Gasteiger partial charge in [-0.2, -0.15) is 13.2 Å². The number of halogens is 3. The number of amidine groups is 1. The predicted octanol–water partition coefficient (Wildman–Crippen LogP) is 5.65. The van der Waals surface area contributed by atoms with E-state index in [0.717, 1.165) is 37.8 Å². The van der Waals surface area contributed by atoms with Gasteiger partial charge in [-0.3, -0.25) is 20.0 Å². The maximum atomic E-state index is 13.5. The molecule has 3 amide bonds. The fourth-order valence-corrected chi connectivity index (χ4v) is 5.80. The minimum absolute atomic E-state index is 0.0992. The number of piperidine rings is 1. The van der Waals surface area contributed by atoms with Crippen LogP contribution in [-0.4, -0.2) is 54.5 Å². The van der Waals surface area contributed by atoms with Crippen LogP contribution in [0.15, 0.2) is 53.5 Å². The first-order chi connectivity index (χ1) is 18.2. The van der Waals surface area contributed by atoms with Crippen LogP contribution < -0.4 is 15.0 Å². The van der Waals surface area contributed by atoms with Gasteiger partial charge in [-0.1, -0.05) is 25.3 Å². The SMILES string of the molecule is COc1cccc(N2C(=O)NC(=NC3CCCCC3)C23CCCN(C(=O)c2ccc(C(F)(F)F)cc2)C3)c1. The fraction of sp³-hybridized carbons (Fsp3) is 0.464. The van der Waals surface area contributed by atoms with E-state index in [2.05, 4.69) is 5.32 Å². The van der Waals surface area contributed by atoms with Crippen molar-refractivity contribution in [1.82, 2.24) is 10.2 Å². The Morgan fingerprint density at radius 2 is 1.82 bits per heavy atom. The van der Waals surface area contributed by atoms with E-state index in [-0.39, 0.29) is 30.1 Å². The van der Waals surface area contributed by atoms with Crippen molar-refractivity contribution in [1.29, 1.82) is 0 Å². The fourth-order valence-electron chi connectivity index (χ4n) is 5.80. The highest BCUT2D eigenvalue weighted by Gasteiger charge is 2.54. The van der Waals surface area contributed by atoms with Crippen LogP contribution in [0.1, 0.15) is 60.9 Å². The van der Waals surface area contributed by atoms with E-state index in [1.807, 2.05) is 6.07 Å². The van der Waals surface area contributed by atoms with Crippen molar-refractivity contribution in [2.75, 3.05) is 25.1 Å². The summed E-state index contributed by atoms with van der Waals surface area (Å²) in [5.41, 5.74) is -0.924. The van der Waals surface area contributed by atoms with Gasteiger partial charge in [0.25, 0.3) is 5.91 Å². The molecule has 0 aromatic heterocycles. The molecule has 2 aliphatic heterocycles. The van der Waals surface area contributed by atoms with E-state index in [9.17, 15) is 22.8 Å². The van der Waals surface area contributed by atoms with Crippen molar-refractivity contribution < 1.29 is 27.5 Å². The Morgan fingerprint density at radius 1 is 1.08 bits per heavy atom. The first kappa shape index (κ1) is 26.1. The van der Waals surface area contributed by atoms with Crippen molar-refractivity contribution in [3.05, 3.63) is 59.7 Å². The number of methoxy groups -OCH3 is 1. The molecule has 1 aliphatic carbocycles. The quantitative estimate of drug-likeness (QED) is 0.558. The number of amides is 3. The average molecular weight is 529 g/mol. The Kier molecular flexibility index (Phi) is 7.07. The van der Waals surface area contributed by atoms with Gasteiger partial charge in [-0.25, -0.2) is 4.79 Å². The minimum Gasteiger partial charge on any atom is -0.497 e. The molecule has 1 N–H and O–H groups in total. The maximum Gasteiger partial charge on any atom is 0.416 e. The molecule has 2 saturated heterocycles. The first-order valence-corrected chi connectivity index (χ1v) is 13.0. The van der Waals surface area contributed by atoms with Crippen LogP contribution in [0.25, 0.3) is 0 Å². The molecule has 1 spiro atoms. The highest BCUT2D eigenvalue weighted by atomic mass is 19.4. The highest BCUT2D eigenvalue weighted by Crippen LogP contribution is 2.39. The highest BCUT2D eigenvalue weighted by molar-refractivity contribution is 6.19. The molecule has 3 aliphatic rings. The van der Waals surface area contributed by atoms with E-state index >= 15 is 0 Å². The largest absolute Gasteiger partial charge is 0.497 e. The number of carbonyl (C=O) groups excluding carboxylic acids is 2. The van der Waals surface area contributed by atoms with Gasteiger partial charge < -0.3 is 9.64 Å². The minimum atomic E-state index is -4.48. The van der Waals surface area contributed by atoms with Crippen molar-refractivity contribution in [3.8, 4) is 5.75 Å². The number of urea groups is 1. The molecular weight excluding hydrogens is 497 g/mol. The van der Waals surface area contributed by atoms with Crippen molar-refractivity contribution in [2.24, 2.45) is 4.99 Å². The molecule has 5 rings (SSSR count). The average Bonchev–Trinajstić information content (AvgIpc) is 3.17. The van der Waals surface area contributed by atoms with Gasteiger partial charge in [0.2, 0.25) is 0 Å². The molecule has 2 heterocycles. The van der Waals surface area contributed by atoms with Crippen LogP contribution in [0.4, 0.5) is 23.7 Å². The molecule has 0 radical (unpaired) electrons. The third kappa shape index (κ3) is 4.96. The molecule has 3 fully saturated rings. The second-order valence-corrected chi connectivity index (χ2v) is 10.2. The molecule has 1 atom stereocenters. The summed E-state index contributed by atoms with van der Waals surface area (Å²) in [6.45, 7) is 0.604. The molecule has 38 heavy (non-hydrogen) atoms. The lowest BCUT2D eigenvalue weighted by Gasteiger charge is -2.44. The molecule has 202 valence electrons. The van der Waals surface area contributed by atoms with Crippen LogP contribution >= 0.6 is 0 Å². The molecule has 0 bridgehead atoms. The van der Waals surface area contributed by atoms with Crippen LogP contribution in [0, 0.1) is 0 Å². The number of aliphatic imine (C=N–C) groups is 1. The van der Waals surface area contributed by atoms with Crippen LogP contribution in [-0.2, 0) is 6.18 Å². The summed E-state index contributed by atoms with van der Waals surface area (Å²) in [4.78, 5) is 35.3. The van der Waals surface area contributed by atoms with E-state index < -0.39 is 17.3 Å². The van der Waals surface area contributed by atoms with Gasteiger partial charge in [0.05, 0.1) is 30.9 Å². The smallest absolute Gasteiger partial charge is 0.416 e. The zero-order valence-electron chi connectivity index (χ0n) is 21.3. The number of carbonyl (C=O) groups is 2. The van der Waals surface area contributed by atoms with E-state index in [1.54, 1.807) is 35.1 Å². The third-order valence-electron chi connectivity index (χ3n) is 7.71. The van der Waals surface area contributed by atoms with Gasteiger partial charge >= 0.3 is 12.2 Å². The molecule has 10 heteroatoms. The number of alkyl halides is 3. The molecule has 1 saturated carbocycles. The molecule has 1 unspecified atom stereocenters. The summed E-state index contributed by atoms with van der Waals surface area (Å²) in [7, 11) is 1.56. The van der Waals surface area contributed by atoms with Gasteiger partial charge in [-0.15, -0.1) is 0 Å². The number of anilines is 1. The molecule has 2 aromatic carbocycles. The Morgan fingerprint density at radius 3 is 2.50 bits per heavy atom. The lowest BCUT2D eigenvalue weighted by molar-refractivity contribution is -0.137. The van der Waals surface area contributed by atoms with Crippen molar-refractivity contribution >= 4 is 23.5 Å². The summed E-state index contributed by atoms with van der Waals surface area (Å²) in [6, 6.07) is 11.2. The lowest BCUT2D eigenvalue weighted by Crippen LogP contribution is -2.61. The Balaban J connectivity index is 1.51. The van der Waals surface area contributed by atoms with E-state index in [0.29, 0.717) is 36.7 Å². The van der Waals surface area contributed by atoms with Crippen LogP contribution in [0.5, 0.6) is 5.75 Å². The number of rotatable bonds is 4. The molecular formula is C28H31F3N4O3. The number of nitrogens with one attached hydrogen (secondary N) is 1. The second kappa shape index (κ2) is 10.3. The number of likely N-dealkylation sites (tertiary alicyclic amines) is 1. The van der Waals surface area contributed by atoms with Crippen molar-refractivity contribution in [3.63, 3.8) is 0 Å². The van der Waals surface area contributed by atoms with Gasteiger partial charge in [0.15, 0.2) is 0 Å². The zero-order chi connectivity index (χ0) is 26.9. The zero-order valence-corrected chi connectivity index (χ0v) is 21.3. The van der Waals surface area contributed by atoms with E-state index in [1.165, 1.54) is 18.6 Å². The standard InChI is InChI=1S/C28H31F3N4O3/c1-38-23-10-5-9-22(17-23)35-26(37)33-25(32-21-7-3-2-4-8-21)27(35)15-6-16-34(18-27)24(36)19-11-13-20(14-12-19)28(29,30)31/h5,9-14,17,21H,2-4,6-8,15-16,18H2,1H3,(H,32,33,37). The Bertz CT molecular complexity index is 1220. The van der Waals surface area contributed by atoms with Gasteiger partial charge in [0, 0.05) is 18.2 Å². The lowest BCUT2D eigenvalue weighted by atomic mass is 9.85.